The number of ether oxygens (including phenoxy) is 1. The molecule has 0 heterocycles. The molecule has 5 atom stereocenters. The molecule has 3 heteroatoms. The van der Waals surface area contributed by atoms with Crippen LogP contribution in [0.2, 0.25) is 0 Å². The van der Waals surface area contributed by atoms with Crippen molar-refractivity contribution in [1.29, 1.82) is 0 Å². The van der Waals surface area contributed by atoms with Crippen LogP contribution in [-0.4, -0.2) is 37.6 Å². The lowest BCUT2D eigenvalue weighted by atomic mass is 9.88. The lowest BCUT2D eigenvalue weighted by Gasteiger charge is -2.33. The molecule has 2 rings (SSSR count). The number of nitrogens with zero attached hydrogens (tertiary/aromatic N) is 1. The van der Waals surface area contributed by atoms with Crippen LogP contribution in [0, 0.1) is 23.7 Å². The molecule has 0 radical (unpaired) electrons. The van der Waals surface area contributed by atoms with Crippen LogP contribution in [0.1, 0.15) is 39.5 Å². The molecule has 2 fully saturated rings. The number of carbonyl (C=O) groups excluding carboxylic acids is 1. The first kappa shape index (κ1) is 13.9. The van der Waals surface area contributed by atoms with Crippen LogP contribution >= 0.6 is 0 Å². The van der Waals surface area contributed by atoms with E-state index in [1.807, 2.05) is 6.92 Å². The van der Waals surface area contributed by atoms with E-state index in [1.54, 1.807) is 0 Å². The van der Waals surface area contributed by atoms with Crippen molar-refractivity contribution >= 4 is 5.97 Å². The zero-order valence-corrected chi connectivity index (χ0v) is 12.2. The topological polar surface area (TPSA) is 29.5 Å². The number of fused-ring (bicyclic) bond motifs is 2. The summed E-state index contributed by atoms with van der Waals surface area (Å²) < 4.78 is 4.84. The fraction of sp³-hybridized carbons (Fsp3) is 0.933. The Balaban J connectivity index is 1.84. The van der Waals surface area contributed by atoms with Gasteiger partial charge in [-0.05, 0) is 51.0 Å². The van der Waals surface area contributed by atoms with Crippen molar-refractivity contribution in [2.24, 2.45) is 23.7 Å². The van der Waals surface area contributed by atoms with Crippen LogP contribution < -0.4 is 0 Å². The summed E-state index contributed by atoms with van der Waals surface area (Å²) in [5, 5.41) is 0. The van der Waals surface area contributed by atoms with Crippen molar-refractivity contribution in [3.63, 3.8) is 0 Å². The van der Waals surface area contributed by atoms with Gasteiger partial charge in [0.15, 0.2) is 0 Å². The van der Waals surface area contributed by atoms with E-state index in [2.05, 4.69) is 18.9 Å². The molecule has 0 aromatic rings. The molecule has 18 heavy (non-hydrogen) atoms. The second-order valence-electron chi connectivity index (χ2n) is 6.43. The molecule has 0 saturated heterocycles. The number of esters is 1. The monoisotopic (exact) mass is 253 g/mol. The van der Waals surface area contributed by atoms with Gasteiger partial charge in [0, 0.05) is 12.6 Å². The summed E-state index contributed by atoms with van der Waals surface area (Å²) in [6.07, 6.45) is 5.76. The summed E-state index contributed by atoms with van der Waals surface area (Å²) in [6, 6.07) is 0.261. The smallest absolute Gasteiger partial charge is 0.309 e. The van der Waals surface area contributed by atoms with Gasteiger partial charge in [0.2, 0.25) is 0 Å². The molecular weight excluding hydrogens is 226 g/mol. The lowest BCUT2D eigenvalue weighted by Crippen LogP contribution is -2.41. The Bertz CT molecular complexity index is 305. The zero-order chi connectivity index (χ0) is 13.3. The van der Waals surface area contributed by atoms with E-state index >= 15 is 0 Å². The van der Waals surface area contributed by atoms with Crippen molar-refractivity contribution < 1.29 is 9.53 Å². The van der Waals surface area contributed by atoms with Gasteiger partial charge in [0.25, 0.3) is 0 Å². The molecule has 0 aliphatic heterocycles. The van der Waals surface area contributed by atoms with E-state index in [0.29, 0.717) is 0 Å². The minimum Gasteiger partial charge on any atom is -0.469 e. The van der Waals surface area contributed by atoms with Gasteiger partial charge in [-0.15, -0.1) is 0 Å². The van der Waals surface area contributed by atoms with E-state index in [-0.39, 0.29) is 17.9 Å². The van der Waals surface area contributed by atoms with Crippen molar-refractivity contribution in [2.75, 3.05) is 20.7 Å². The van der Waals surface area contributed by atoms with Crippen molar-refractivity contribution in [3.8, 4) is 0 Å². The van der Waals surface area contributed by atoms with Gasteiger partial charge >= 0.3 is 5.97 Å². The van der Waals surface area contributed by atoms with Crippen LogP contribution in [0.3, 0.4) is 0 Å². The largest absolute Gasteiger partial charge is 0.469 e. The van der Waals surface area contributed by atoms with Gasteiger partial charge in [-0.25, -0.2) is 0 Å². The minimum absolute atomic E-state index is 0.0430. The van der Waals surface area contributed by atoms with Crippen LogP contribution in [0.25, 0.3) is 0 Å². The molecule has 0 aromatic heterocycles. The van der Waals surface area contributed by atoms with Gasteiger partial charge < -0.3 is 9.64 Å². The summed E-state index contributed by atoms with van der Waals surface area (Å²) in [5.74, 6) is 2.68. The number of methoxy groups -OCH3 is 1. The Kier molecular flexibility index (Phi) is 4.31. The summed E-state index contributed by atoms with van der Waals surface area (Å²) in [6.45, 7) is 5.24. The second-order valence-corrected chi connectivity index (χ2v) is 6.43. The van der Waals surface area contributed by atoms with E-state index < -0.39 is 0 Å². The Morgan fingerprint density at radius 1 is 1.33 bits per heavy atom. The van der Waals surface area contributed by atoms with E-state index in [0.717, 1.165) is 24.3 Å². The normalized spacial score (nSPS) is 33.7. The average molecular weight is 253 g/mol. The standard InChI is InChI=1S/C15H27NO2/c1-10(15(17)18-4)11(2)16(3)9-14-8-12-5-6-13(14)7-12/h10-14H,5-9H2,1-4H3. The summed E-state index contributed by atoms with van der Waals surface area (Å²) >= 11 is 0. The van der Waals surface area contributed by atoms with E-state index in [4.69, 9.17) is 4.74 Å². The van der Waals surface area contributed by atoms with Gasteiger partial charge in [-0.3, -0.25) is 4.79 Å². The first-order valence-corrected chi connectivity index (χ1v) is 7.31. The maximum atomic E-state index is 11.6. The van der Waals surface area contributed by atoms with Crippen LogP contribution in [0.15, 0.2) is 0 Å². The number of hydrogen-bond donors (Lipinski definition) is 0. The first-order chi connectivity index (χ1) is 8.52. The minimum atomic E-state index is -0.0951. The molecular formula is C15H27NO2. The Morgan fingerprint density at radius 3 is 2.56 bits per heavy atom. The third kappa shape index (κ3) is 2.71. The third-order valence-electron chi connectivity index (χ3n) is 5.40. The zero-order valence-electron chi connectivity index (χ0n) is 12.2. The highest BCUT2D eigenvalue weighted by atomic mass is 16.5. The van der Waals surface area contributed by atoms with Crippen LogP contribution in [0.5, 0.6) is 0 Å². The fourth-order valence-electron chi connectivity index (χ4n) is 3.90. The highest BCUT2D eigenvalue weighted by Gasteiger charge is 2.40. The third-order valence-corrected chi connectivity index (χ3v) is 5.40. The van der Waals surface area contributed by atoms with Crippen LogP contribution in [-0.2, 0) is 9.53 Å². The lowest BCUT2D eigenvalue weighted by molar-refractivity contribution is -0.146. The predicted molar refractivity (Wildman–Crippen MR) is 72.2 cm³/mol. The Morgan fingerprint density at radius 2 is 2.06 bits per heavy atom. The summed E-state index contributed by atoms with van der Waals surface area (Å²) in [5.41, 5.74) is 0. The first-order valence-electron chi connectivity index (χ1n) is 7.31. The van der Waals surface area contributed by atoms with Crippen molar-refractivity contribution in [3.05, 3.63) is 0 Å². The molecule has 2 aliphatic rings. The highest BCUT2D eigenvalue weighted by molar-refractivity contribution is 5.72. The molecule has 0 spiro atoms. The molecule has 104 valence electrons. The summed E-state index contributed by atoms with van der Waals surface area (Å²) in [7, 11) is 3.62. The van der Waals surface area contributed by atoms with E-state index in [9.17, 15) is 4.79 Å². The van der Waals surface area contributed by atoms with Gasteiger partial charge in [0.1, 0.15) is 0 Å². The molecule has 3 nitrogen and oxygen atoms in total. The Labute approximate surface area is 111 Å². The Hall–Kier alpha value is -0.570. The molecule has 5 unspecified atom stereocenters. The molecule has 0 N–H and O–H groups in total. The summed E-state index contributed by atoms with van der Waals surface area (Å²) in [4.78, 5) is 13.9. The molecule has 2 aliphatic carbocycles. The number of rotatable bonds is 5. The van der Waals surface area contributed by atoms with Crippen molar-refractivity contribution in [1.82, 2.24) is 4.90 Å². The fourth-order valence-corrected chi connectivity index (χ4v) is 3.90. The molecule has 2 bridgehead atoms. The quantitative estimate of drug-likeness (QED) is 0.705. The number of carbonyl (C=O) groups is 1. The molecule has 0 aromatic carbocycles. The van der Waals surface area contributed by atoms with Gasteiger partial charge in [-0.2, -0.15) is 0 Å². The van der Waals surface area contributed by atoms with E-state index in [1.165, 1.54) is 32.8 Å². The number of hydrogen-bond acceptors (Lipinski definition) is 3. The van der Waals surface area contributed by atoms with Gasteiger partial charge in [0.05, 0.1) is 13.0 Å². The predicted octanol–water partition coefficient (Wildman–Crippen LogP) is 2.55. The SMILES string of the molecule is COC(=O)C(C)C(C)N(C)CC1CC2CCC1C2. The van der Waals surface area contributed by atoms with Crippen molar-refractivity contribution in [2.45, 2.75) is 45.6 Å². The molecule has 2 saturated carbocycles. The van der Waals surface area contributed by atoms with Crippen LogP contribution in [0.4, 0.5) is 0 Å². The average Bonchev–Trinajstić information content (AvgIpc) is 2.98. The maximum absolute atomic E-state index is 11.6. The van der Waals surface area contributed by atoms with Gasteiger partial charge in [-0.1, -0.05) is 13.3 Å². The highest BCUT2D eigenvalue weighted by Crippen LogP contribution is 2.48. The molecule has 0 amide bonds. The maximum Gasteiger partial charge on any atom is 0.309 e. The second kappa shape index (κ2) is 5.60.